The average Bonchev–Trinajstić information content (AvgIpc) is 2.97. The number of hydrogen-bond acceptors (Lipinski definition) is 14. The van der Waals surface area contributed by atoms with E-state index in [2.05, 4.69) is 20.5 Å². The van der Waals surface area contributed by atoms with E-state index in [9.17, 15) is 52.4 Å². The zero-order chi connectivity index (χ0) is 35.4. The summed E-state index contributed by atoms with van der Waals surface area (Å²) >= 11 is 0. The molecule has 0 aliphatic rings. The summed E-state index contributed by atoms with van der Waals surface area (Å²) in [5, 5.41) is 26.3. The van der Waals surface area contributed by atoms with Gasteiger partial charge in [0.05, 0.1) is 32.5 Å². The third kappa shape index (κ3) is 10.4. The fourth-order valence-electron chi connectivity index (χ4n) is 4.44. The third-order valence-corrected chi connectivity index (χ3v) is 10.1. The normalized spacial score (nSPS) is 12.2. The number of azo groups is 2. The topological polar surface area (TPSA) is 313 Å². The van der Waals surface area contributed by atoms with Gasteiger partial charge in [-0.15, -0.1) is 15.3 Å². The van der Waals surface area contributed by atoms with Gasteiger partial charge in [0.1, 0.15) is 15.5 Å². The molecule has 5 aromatic carbocycles. The SMILES string of the molecule is Nc1cc2c(O)c(N=Nc3ccc(N=Nc4ccc(S(=O)(=O)O)cc4)c4ccc(S(=O)(=O)O)cc34)c(S(=O)(=O)O)cc2cc1S(=O)(=O)O.[Li].[Li].[Li].[Li]. The summed E-state index contributed by atoms with van der Waals surface area (Å²) in [5.74, 6) is -0.925. The fraction of sp³-hybridized carbons (Fsp3) is 0. The number of phenolic OH excluding ortho intramolecular Hbond substituents is 1. The minimum atomic E-state index is -5.17. The van der Waals surface area contributed by atoms with Gasteiger partial charge in [-0.25, -0.2) is 0 Å². The van der Waals surface area contributed by atoms with Crippen molar-refractivity contribution in [2.45, 2.75) is 19.6 Å². The van der Waals surface area contributed by atoms with Gasteiger partial charge in [-0.1, -0.05) is 6.07 Å². The molecule has 254 valence electrons. The van der Waals surface area contributed by atoms with E-state index >= 15 is 0 Å². The van der Waals surface area contributed by atoms with Gasteiger partial charge in [-0.05, 0) is 72.1 Å². The number of benzene rings is 5. The largest absolute Gasteiger partial charge is 0.505 e. The average molecular weight is 765 g/mol. The van der Waals surface area contributed by atoms with Crippen molar-refractivity contribution in [3.8, 4) is 5.75 Å². The molecular weight excluding hydrogens is 746 g/mol. The van der Waals surface area contributed by atoms with Gasteiger partial charge in [0, 0.05) is 91.6 Å². The van der Waals surface area contributed by atoms with Gasteiger partial charge in [0.25, 0.3) is 40.5 Å². The van der Waals surface area contributed by atoms with E-state index in [1.165, 1.54) is 30.3 Å². The Morgan fingerprint density at radius 2 is 0.962 bits per heavy atom. The van der Waals surface area contributed by atoms with Crippen molar-refractivity contribution in [2.24, 2.45) is 20.5 Å². The molecule has 0 heterocycles. The molecule has 4 radical (unpaired) electrons. The second-order valence-corrected chi connectivity index (χ2v) is 15.4. The van der Waals surface area contributed by atoms with E-state index in [-0.39, 0.29) is 119 Å². The number of anilines is 1. The van der Waals surface area contributed by atoms with Crippen molar-refractivity contribution in [1.82, 2.24) is 0 Å². The molecule has 5 rings (SSSR count). The molecule has 0 saturated carbocycles. The van der Waals surface area contributed by atoms with Crippen LogP contribution in [-0.2, 0) is 40.5 Å². The minimum absolute atomic E-state index is 0. The van der Waals surface area contributed by atoms with Gasteiger partial charge in [0.2, 0.25) is 0 Å². The predicted octanol–water partition coefficient (Wildman–Crippen LogP) is 3.58. The summed E-state index contributed by atoms with van der Waals surface area (Å²) < 4.78 is 132. The number of nitrogen functional groups attached to an aromatic ring is 1. The number of fused-ring (bicyclic) bond motifs is 2. The van der Waals surface area contributed by atoms with Gasteiger partial charge in [0.15, 0.2) is 5.75 Å². The van der Waals surface area contributed by atoms with Crippen LogP contribution >= 0.6 is 0 Å². The zero-order valence-electron chi connectivity index (χ0n) is 27.4. The number of nitrogens with zero attached hydrogens (tertiary/aromatic N) is 4. The summed E-state index contributed by atoms with van der Waals surface area (Å²) in [6.07, 6.45) is 0. The first-order chi connectivity index (χ1) is 22.1. The molecule has 0 aliphatic heterocycles. The predicted molar refractivity (Wildman–Crippen MR) is 191 cm³/mol. The van der Waals surface area contributed by atoms with Crippen LogP contribution in [-0.4, -0.2) is 132 Å². The van der Waals surface area contributed by atoms with Crippen molar-refractivity contribution in [3.63, 3.8) is 0 Å². The van der Waals surface area contributed by atoms with E-state index in [0.29, 0.717) is 0 Å². The molecular formula is C26H19Li4N5O13S4. The number of phenols is 1. The Kier molecular flexibility index (Phi) is 15.8. The number of nitrogens with two attached hydrogens (primary N) is 1. The van der Waals surface area contributed by atoms with Crippen LogP contribution in [0.5, 0.6) is 5.75 Å². The van der Waals surface area contributed by atoms with Crippen molar-refractivity contribution < 1.29 is 57.0 Å². The Morgan fingerprint density at radius 1 is 0.481 bits per heavy atom. The Morgan fingerprint density at radius 3 is 1.48 bits per heavy atom. The Bertz CT molecular complexity index is 2700. The first-order valence-corrected chi connectivity index (χ1v) is 18.4. The molecule has 0 unspecified atom stereocenters. The monoisotopic (exact) mass is 765 g/mol. The fourth-order valence-corrected chi connectivity index (χ4v) is 6.72. The molecule has 0 aliphatic carbocycles. The molecule has 0 atom stereocenters. The molecule has 7 N–H and O–H groups in total. The van der Waals surface area contributed by atoms with Crippen molar-refractivity contribution >= 4 is 166 Å². The van der Waals surface area contributed by atoms with Gasteiger partial charge in [-0.2, -0.15) is 38.8 Å². The Labute approximate surface area is 344 Å². The second-order valence-electron chi connectivity index (χ2n) is 9.79. The molecule has 0 amide bonds. The van der Waals surface area contributed by atoms with E-state index in [4.69, 9.17) is 10.3 Å². The molecule has 5 aromatic rings. The first kappa shape index (κ1) is 47.5. The van der Waals surface area contributed by atoms with Crippen molar-refractivity contribution in [3.05, 3.63) is 72.8 Å². The van der Waals surface area contributed by atoms with Crippen molar-refractivity contribution in [2.75, 3.05) is 5.73 Å². The van der Waals surface area contributed by atoms with Crippen LogP contribution in [0.4, 0.5) is 28.4 Å². The zero-order valence-corrected chi connectivity index (χ0v) is 30.7. The Hall–Kier alpha value is -2.55. The van der Waals surface area contributed by atoms with E-state index in [1.54, 1.807) is 0 Å². The van der Waals surface area contributed by atoms with E-state index in [1.807, 2.05) is 0 Å². The summed E-state index contributed by atoms with van der Waals surface area (Å²) in [5.41, 5.74) is 4.43. The van der Waals surface area contributed by atoms with Crippen LogP contribution in [0.15, 0.2) is 113 Å². The Balaban J connectivity index is 0.00000338. The van der Waals surface area contributed by atoms with E-state index < -0.39 is 72.3 Å². The molecule has 0 spiro atoms. The molecule has 52 heavy (non-hydrogen) atoms. The van der Waals surface area contributed by atoms with Crippen LogP contribution in [0, 0.1) is 0 Å². The number of hydrogen-bond donors (Lipinski definition) is 6. The summed E-state index contributed by atoms with van der Waals surface area (Å²) in [6.45, 7) is 0. The number of aromatic hydroxyl groups is 1. The molecule has 18 nitrogen and oxygen atoms in total. The van der Waals surface area contributed by atoms with Crippen LogP contribution < -0.4 is 5.73 Å². The standard InChI is InChI=1S/C26H19N5O13S4.4Li/c27-20-12-18-13(9-23(20)47(39,40)41)10-24(48(42,43)44)25(26(18)32)31-30-22-8-7-21(17-6-5-16(11-19(17)22)46(36,37)38)29-28-14-1-3-15(4-2-14)45(33,34)35;;;;/h1-12,32H,27H2,(H,33,34,35)(H,36,37,38)(H,39,40,41)(H,42,43,44);;;;. The first-order valence-electron chi connectivity index (χ1n) is 12.6. The summed E-state index contributed by atoms with van der Waals surface area (Å²) in [4.78, 5) is -2.81. The maximum Gasteiger partial charge on any atom is 0.296 e. The maximum atomic E-state index is 12.3. The molecule has 0 bridgehead atoms. The summed E-state index contributed by atoms with van der Waals surface area (Å²) in [6, 6.07) is 12.9. The number of rotatable bonds is 8. The quantitative estimate of drug-likeness (QED) is 0.0569. The third-order valence-electron chi connectivity index (χ3n) is 6.64. The van der Waals surface area contributed by atoms with Gasteiger partial charge >= 0.3 is 0 Å². The smallest absolute Gasteiger partial charge is 0.296 e. The van der Waals surface area contributed by atoms with Crippen LogP contribution in [0.1, 0.15) is 0 Å². The second kappa shape index (κ2) is 17.3. The van der Waals surface area contributed by atoms with Crippen LogP contribution in [0.3, 0.4) is 0 Å². The van der Waals surface area contributed by atoms with Gasteiger partial charge in [-0.3, -0.25) is 18.2 Å². The maximum absolute atomic E-state index is 12.3. The molecule has 26 heteroatoms. The molecule has 0 fully saturated rings. The summed E-state index contributed by atoms with van der Waals surface area (Å²) in [7, 11) is -19.3. The van der Waals surface area contributed by atoms with Gasteiger partial charge < -0.3 is 10.8 Å². The van der Waals surface area contributed by atoms with Crippen molar-refractivity contribution in [1.29, 1.82) is 0 Å². The van der Waals surface area contributed by atoms with Crippen LogP contribution in [0.2, 0.25) is 0 Å². The molecule has 0 aromatic heterocycles. The minimum Gasteiger partial charge on any atom is -0.505 e. The van der Waals surface area contributed by atoms with E-state index in [0.717, 1.165) is 42.5 Å². The molecule has 0 saturated heterocycles. The van der Waals surface area contributed by atoms with Crippen LogP contribution in [0.25, 0.3) is 21.5 Å².